The highest BCUT2D eigenvalue weighted by atomic mass is 32.1. The van der Waals surface area contributed by atoms with Crippen molar-refractivity contribution < 1.29 is 4.79 Å². The zero-order valence-corrected chi connectivity index (χ0v) is 13.0. The van der Waals surface area contributed by atoms with Crippen molar-refractivity contribution in [3.05, 3.63) is 29.3 Å². The van der Waals surface area contributed by atoms with E-state index in [1.54, 1.807) is 16.2 Å². The van der Waals surface area contributed by atoms with E-state index in [9.17, 15) is 4.79 Å². The summed E-state index contributed by atoms with van der Waals surface area (Å²) in [6.07, 6.45) is 0. The topological polar surface area (TPSA) is 45.2 Å². The molecule has 0 fully saturated rings. The number of carbonyl (C=O) groups excluding carboxylic acids is 1. The van der Waals surface area contributed by atoms with E-state index in [0.717, 1.165) is 23.6 Å². The van der Waals surface area contributed by atoms with Gasteiger partial charge in [0.05, 0.1) is 16.8 Å². The number of benzene rings is 1. The third-order valence-electron chi connectivity index (χ3n) is 3.21. The van der Waals surface area contributed by atoms with Gasteiger partial charge in [0, 0.05) is 19.5 Å². The predicted octanol–water partition coefficient (Wildman–Crippen LogP) is 2.50. The van der Waals surface area contributed by atoms with Crippen molar-refractivity contribution in [3.8, 4) is 0 Å². The lowest BCUT2D eigenvalue weighted by Gasteiger charge is -2.20. The van der Waals surface area contributed by atoms with E-state index in [1.165, 1.54) is 4.70 Å². The van der Waals surface area contributed by atoms with E-state index in [2.05, 4.69) is 16.4 Å². The average molecular weight is 291 g/mol. The fourth-order valence-electron chi connectivity index (χ4n) is 2.09. The molecule has 1 amide bonds. The van der Waals surface area contributed by atoms with Crippen molar-refractivity contribution in [2.45, 2.75) is 20.4 Å². The molecule has 2 aromatic rings. The van der Waals surface area contributed by atoms with Crippen LogP contribution in [0.25, 0.3) is 10.2 Å². The van der Waals surface area contributed by atoms with Crippen LogP contribution in [0.2, 0.25) is 0 Å². The van der Waals surface area contributed by atoms with Crippen LogP contribution in [0.3, 0.4) is 0 Å². The summed E-state index contributed by atoms with van der Waals surface area (Å²) in [5.41, 5.74) is 1.01. The van der Waals surface area contributed by atoms with Crippen LogP contribution in [0, 0.1) is 5.92 Å². The van der Waals surface area contributed by atoms with Gasteiger partial charge in [0.15, 0.2) is 0 Å². The Hall–Kier alpha value is -1.46. The molecule has 0 aliphatic heterocycles. The zero-order valence-electron chi connectivity index (χ0n) is 12.2. The molecule has 5 heteroatoms. The van der Waals surface area contributed by atoms with Crippen LogP contribution in [0.4, 0.5) is 0 Å². The SMILES string of the molecule is CCNCC(C)C(=O)N(C)Cc1nc2ccccc2s1. The Morgan fingerprint density at radius 1 is 1.45 bits per heavy atom. The number of fused-ring (bicyclic) bond motifs is 1. The minimum atomic E-state index is -0.00525. The number of rotatable bonds is 6. The number of thiazole rings is 1. The molecule has 1 aromatic carbocycles. The van der Waals surface area contributed by atoms with Crippen LogP contribution >= 0.6 is 11.3 Å². The van der Waals surface area contributed by atoms with Crippen LogP contribution in [0.1, 0.15) is 18.9 Å². The van der Waals surface area contributed by atoms with E-state index >= 15 is 0 Å². The quantitative estimate of drug-likeness (QED) is 0.889. The highest BCUT2D eigenvalue weighted by molar-refractivity contribution is 7.18. The summed E-state index contributed by atoms with van der Waals surface area (Å²) < 4.78 is 1.17. The summed E-state index contributed by atoms with van der Waals surface area (Å²) in [5, 5.41) is 4.19. The first-order chi connectivity index (χ1) is 9.61. The Kier molecular flexibility index (Phi) is 5.09. The second-order valence-electron chi connectivity index (χ2n) is 4.98. The lowest BCUT2D eigenvalue weighted by molar-refractivity contribution is -0.134. The molecule has 0 aliphatic carbocycles. The summed E-state index contributed by atoms with van der Waals surface area (Å²) in [5.74, 6) is 0.152. The van der Waals surface area contributed by atoms with Crippen molar-refractivity contribution in [3.63, 3.8) is 0 Å². The molecule has 2 rings (SSSR count). The van der Waals surface area contributed by atoms with E-state index in [-0.39, 0.29) is 11.8 Å². The Bertz CT molecular complexity index is 548. The lowest BCUT2D eigenvalue weighted by atomic mass is 10.1. The van der Waals surface area contributed by atoms with Gasteiger partial charge >= 0.3 is 0 Å². The molecule has 0 radical (unpaired) electrons. The first kappa shape index (κ1) is 14.9. The largest absolute Gasteiger partial charge is 0.339 e. The molecule has 1 atom stereocenters. The Labute approximate surface area is 123 Å². The first-order valence-corrected chi connectivity index (χ1v) is 7.73. The molecule has 1 N–H and O–H groups in total. The molecular formula is C15H21N3OS. The van der Waals surface area contributed by atoms with E-state index in [4.69, 9.17) is 0 Å². The predicted molar refractivity (Wildman–Crippen MR) is 83.8 cm³/mol. The van der Waals surface area contributed by atoms with Gasteiger partial charge in [-0.1, -0.05) is 26.0 Å². The Balaban J connectivity index is 1.99. The molecule has 1 unspecified atom stereocenters. The van der Waals surface area contributed by atoms with Crippen LogP contribution < -0.4 is 5.32 Å². The number of para-hydroxylation sites is 1. The second-order valence-corrected chi connectivity index (χ2v) is 6.09. The fraction of sp³-hybridized carbons (Fsp3) is 0.467. The summed E-state index contributed by atoms with van der Waals surface area (Å²) in [6.45, 7) is 6.19. The maximum atomic E-state index is 12.2. The van der Waals surface area contributed by atoms with Gasteiger partial charge in [-0.2, -0.15) is 0 Å². The van der Waals surface area contributed by atoms with Crippen molar-refractivity contribution >= 4 is 27.5 Å². The number of hydrogen-bond acceptors (Lipinski definition) is 4. The molecular weight excluding hydrogens is 270 g/mol. The van der Waals surface area contributed by atoms with Gasteiger partial charge in [0.1, 0.15) is 5.01 Å². The molecule has 1 aromatic heterocycles. The lowest BCUT2D eigenvalue weighted by Crippen LogP contribution is -2.36. The highest BCUT2D eigenvalue weighted by Crippen LogP contribution is 2.22. The Morgan fingerprint density at radius 2 is 2.20 bits per heavy atom. The zero-order chi connectivity index (χ0) is 14.5. The number of aromatic nitrogens is 1. The monoisotopic (exact) mass is 291 g/mol. The summed E-state index contributed by atoms with van der Waals surface area (Å²) in [7, 11) is 1.84. The average Bonchev–Trinajstić information content (AvgIpc) is 2.85. The standard InChI is InChI=1S/C15H21N3OS/c1-4-16-9-11(2)15(19)18(3)10-14-17-12-7-5-6-8-13(12)20-14/h5-8,11,16H,4,9-10H2,1-3H3. The number of hydrogen-bond donors (Lipinski definition) is 1. The number of carbonyl (C=O) groups is 1. The molecule has 0 bridgehead atoms. The van der Waals surface area contributed by atoms with Gasteiger partial charge in [0.2, 0.25) is 5.91 Å². The van der Waals surface area contributed by atoms with Gasteiger partial charge in [-0.3, -0.25) is 4.79 Å². The van der Waals surface area contributed by atoms with Crippen LogP contribution in [0.15, 0.2) is 24.3 Å². The fourth-order valence-corrected chi connectivity index (χ4v) is 3.11. The van der Waals surface area contributed by atoms with Gasteiger partial charge in [-0.05, 0) is 18.7 Å². The van der Waals surface area contributed by atoms with Crippen molar-refractivity contribution in [1.29, 1.82) is 0 Å². The normalized spacial score (nSPS) is 12.6. The molecule has 0 saturated carbocycles. The molecule has 1 heterocycles. The maximum Gasteiger partial charge on any atom is 0.226 e. The molecule has 20 heavy (non-hydrogen) atoms. The molecule has 0 saturated heterocycles. The molecule has 0 spiro atoms. The summed E-state index contributed by atoms with van der Waals surface area (Å²) in [4.78, 5) is 18.6. The summed E-state index contributed by atoms with van der Waals surface area (Å²) >= 11 is 1.65. The van der Waals surface area contributed by atoms with Crippen LogP contribution in [-0.4, -0.2) is 35.9 Å². The van der Waals surface area contributed by atoms with Crippen molar-refractivity contribution in [1.82, 2.24) is 15.2 Å². The number of nitrogens with one attached hydrogen (secondary N) is 1. The van der Waals surface area contributed by atoms with E-state index in [1.807, 2.05) is 39.1 Å². The van der Waals surface area contributed by atoms with Gasteiger partial charge in [0.25, 0.3) is 0 Å². The minimum Gasteiger partial charge on any atom is -0.339 e. The third-order valence-corrected chi connectivity index (χ3v) is 4.23. The third kappa shape index (κ3) is 3.55. The van der Waals surface area contributed by atoms with E-state index < -0.39 is 0 Å². The van der Waals surface area contributed by atoms with Gasteiger partial charge in [-0.25, -0.2) is 4.98 Å². The highest BCUT2D eigenvalue weighted by Gasteiger charge is 2.18. The summed E-state index contributed by atoms with van der Waals surface area (Å²) in [6, 6.07) is 8.06. The van der Waals surface area contributed by atoms with E-state index in [0.29, 0.717) is 6.54 Å². The van der Waals surface area contributed by atoms with Crippen molar-refractivity contribution in [2.24, 2.45) is 5.92 Å². The van der Waals surface area contributed by atoms with Gasteiger partial charge in [-0.15, -0.1) is 11.3 Å². The molecule has 0 aliphatic rings. The van der Waals surface area contributed by atoms with Crippen molar-refractivity contribution in [2.75, 3.05) is 20.1 Å². The maximum absolute atomic E-state index is 12.2. The van der Waals surface area contributed by atoms with Gasteiger partial charge < -0.3 is 10.2 Å². The molecule has 4 nitrogen and oxygen atoms in total. The number of amides is 1. The number of nitrogens with zero attached hydrogens (tertiary/aromatic N) is 2. The molecule has 108 valence electrons. The first-order valence-electron chi connectivity index (χ1n) is 6.92. The van der Waals surface area contributed by atoms with Crippen LogP contribution in [-0.2, 0) is 11.3 Å². The smallest absolute Gasteiger partial charge is 0.226 e. The Morgan fingerprint density at radius 3 is 2.90 bits per heavy atom. The second kappa shape index (κ2) is 6.81. The minimum absolute atomic E-state index is 0.00525. The van der Waals surface area contributed by atoms with Crippen LogP contribution in [0.5, 0.6) is 0 Å².